The van der Waals surface area contributed by atoms with Gasteiger partial charge in [-0.05, 0) is 18.6 Å². The maximum atomic E-state index is 9.76. The van der Waals surface area contributed by atoms with Crippen molar-refractivity contribution in [3.8, 4) is 0 Å². The molecule has 0 atom stereocenters. The first-order valence-corrected chi connectivity index (χ1v) is 10.3. The fourth-order valence-electron chi connectivity index (χ4n) is 0.964. The average molecular weight is 361 g/mol. The summed E-state index contributed by atoms with van der Waals surface area (Å²) in [6, 6.07) is 0. The summed E-state index contributed by atoms with van der Waals surface area (Å²) < 4.78 is 3.25. The van der Waals surface area contributed by atoms with Crippen LogP contribution in [0.4, 0.5) is 0 Å². The second-order valence-corrected chi connectivity index (χ2v) is 8.17. The van der Waals surface area contributed by atoms with Gasteiger partial charge in [-0.1, -0.05) is 0 Å². The van der Waals surface area contributed by atoms with Gasteiger partial charge in [0.2, 0.25) is 0 Å². The molecule has 0 aromatic carbocycles. The van der Waals surface area contributed by atoms with Crippen LogP contribution in [0, 0.1) is 0 Å². The molecule has 0 unspecified atom stereocenters. The van der Waals surface area contributed by atoms with E-state index in [1.165, 1.54) is 25.7 Å². The molecule has 0 radical (unpaired) electrons. The van der Waals surface area contributed by atoms with Gasteiger partial charge in [0, 0.05) is 0 Å². The quantitative estimate of drug-likeness (QED) is 0.360. The summed E-state index contributed by atoms with van der Waals surface area (Å²) in [6.45, 7) is 5.70. The molecule has 0 aromatic rings. The molecule has 0 rings (SSSR count). The summed E-state index contributed by atoms with van der Waals surface area (Å²) in [7, 11) is 0. The molecule has 5 heteroatoms. The molecule has 0 saturated heterocycles. The van der Waals surface area contributed by atoms with Gasteiger partial charge >= 0.3 is 69.5 Å². The topological polar surface area (TPSA) is 80.3 Å². The minimum atomic E-state index is -1.53. The Labute approximate surface area is 120 Å². The number of carbonyl (C=O) groups excluding carboxylic acids is 2. The van der Waals surface area contributed by atoms with Crippen molar-refractivity contribution in [1.82, 2.24) is 0 Å². The second kappa shape index (κ2) is 14.5. The van der Waals surface area contributed by atoms with E-state index in [0.717, 1.165) is 6.92 Å². The van der Waals surface area contributed by atoms with Gasteiger partial charge in [-0.3, -0.25) is 0 Å². The van der Waals surface area contributed by atoms with Crippen molar-refractivity contribution in [3.63, 3.8) is 0 Å². The summed E-state index contributed by atoms with van der Waals surface area (Å²) >= 11 is 0.149. The molecule has 102 valence electrons. The maximum absolute atomic E-state index is 9.76. The monoisotopic (exact) mass is 362 g/mol. The van der Waals surface area contributed by atoms with E-state index in [4.69, 9.17) is 0 Å². The van der Waals surface area contributed by atoms with Gasteiger partial charge in [-0.25, -0.2) is 0 Å². The molecule has 0 aliphatic heterocycles. The number of hydrogen-bond acceptors (Lipinski definition) is 4. The second-order valence-electron chi connectivity index (χ2n) is 3.89. The van der Waals surface area contributed by atoms with E-state index in [-0.39, 0.29) is 26.7 Å². The van der Waals surface area contributed by atoms with E-state index in [1.807, 2.05) is 0 Å². The molecule has 0 amide bonds. The summed E-state index contributed by atoms with van der Waals surface area (Å²) in [5, 5.41) is 19.4. The van der Waals surface area contributed by atoms with Crippen LogP contribution in [0.25, 0.3) is 0 Å². The van der Waals surface area contributed by atoms with Crippen LogP contribution in [-0.2, 0) is 9.59 Å². The van der Waals surface area contributed by atoms with Crippen LogP contribution >= 0.6 is 0 Å². The van der Waals surface area contributed by atoms with Gasteiger partial charge in [-0.15, -0.1) is 0 Å². The van der Waals surface area contributed by atoms with E-state index in [0.29, 0.717) is 6.08 Å². The fourth-order valence-corrected chi connectivity index (χ4v) is 5.12. The number of carboxylic acid groups (broad SMARTS) is 2. The van der Waals surface area contributed by atoms with Crippen LogP contribution < -0.4 is 10.2 Å². The Balaban J connectivity index is 0. The molecule has 0 aromatic heterocycles. The van der Waals surface area contributed by atoms with E-state index >= 15 is 0 Å². The summed E-state index contributed by atoms with van der Waals surface area (Å²) in [5.41, 5.74) is -0.352. The van der Waals surface area contributed by atoms with Crippen LogP contribution in [0.1, 0.15) is 46.5 Å². The molecule has 4 nitrogen and oxygen atoms in total. The van der Waals surface area contributed by atoms with E-state index < -0.39 is 11.9 Å². The zero-order valence-corrected chi connectivity index (χ0v) is 14.3. The number of aliphatic carboxylic acids is 2. The summed E-state index contributed by atoms with van der Waals surface area (Å²) in [6.07, 6.45) is 6.31. The number of unbranched alkanes of at least 4 members (excludes halogenated alkanes) is 2. The van der Waals surface area contributed by atoms with Crippen LogP contribution in [0.5, 0.6) is 0 Å². The molecular formula is C13H22O4Sn. The Kier molecular flexibility index (Phi) is 16.0. The SMILES string of the molecule is C/C(=C/C(=O)[O-])C(=O)[O-].CCC[CH2][Sn+2][CH2]CCC. The van der Waals surface area contributed by atoms with Crippen molar-refractivity contribution in [2.45, 2.75) is 55.3 Å². The Bertz CT molecular complexity index is 256. The van der Waals surface area contributed by atoms with Gasteiger partial charge in [-0.2, -0.15) is 0 Å². The molecule has 0 saturated carbocycles. The van der Waals surface area contributed by atoms with Crippen molar-refractivity contribution in [2.24, 2.45) is 0 Å². The first kappa shape index (κ1) is 19.8. The van der Waals surface area contributed by atoms with E-state index in [2.05, 4.69) is 13.8 Å². The van der Waals surface area contributed by atoms with Crippen LogP contribution in [0.2, 0.25) is 8.87 Å². The standard InChI is InChI=1S/C5H6O4.2C4H9.Sn/c1-3(5(8)9)2-4(6)7;2*1-3-4-2;/h2H,1H3,(H,6,7)(H,8,9);2*1,3-4H2,2H3;/q;;;+2/p-2/b3-2-;;;. The molecule has 0 aliphatic carbocycles. The third-order valence-electron chi connectivity index (χ3n) is 2.07. The number of carboxylic acids is 2. The van der Waals surface area contributed by atoms with Crippen LogP contribution in [-0.4, -0.2) is 33.1 Å². The fraction of sp³-hybridized carbons (Fsp3) is 0.692. The Morgan fingerprint density at radius 1 is 1.06 bits per heavy atom. The molecule has 0 aliphatic rings. The molecular weight excluding hydrogens is 339 g/mol. The third kappa shape index (κ3) is 17.9. The van der Waals surface area contributed by atoms with E-state index in [9.17, 15) is 19.8 Å². The molecule has 0 bridgehead atoms. The Morgan fingerprint density at radius 2 is 1.50 bits per heavy atom. The van der Waals surface area contributed by atoms with Crippen molar-refractivity contribution >= 4 is 33.1 Å². The van der Waals surface area contributed by atoms with Crippen LogP contribution in [0.15, 0.2) is 11.6 Å². The van der Waals surface area contributed by atoms with E-state index in [1.54, 1.807) is 8.87 Å². The van der Waals surface area contributed by atoms with Crippen molar-refractivity contribution in [3.05, 3.63) is 11.6 Å². The number of carbonyl (C=O) groups is 2. The number of rotatable bonds is 8. The molecule has 0 fully saturated rings. The van der Waals surface area contributed by atoms with Gasteiger partial charge in [0.05, 0.1) is 11.9 Å². The summed E-state index contributed by atoms with van der Waals surface area (Å²) in [5.74, 6) is -3.03. The van der Waals surface area contributed by atoms with Gasteiger partial charge in [0.25, 0.3) is 0 Å². The van der Waals surface area contributed by atoms with Crippen molar-refractivity contribution < 1.29 is 19.8 Å². The molecule has 0 heterocycles. The normalized spacial score (nSPS) is 10.1. The Morgan fingerprint density at radius 3 is 1.72 bits per heavy atom. The predicted molar refractivity (Wildman–Crippen MR) is 69.0 cm³/mol. The molecule has 0 spiro atoms. The predicted octanol–water partition coefficient (Wildman–Crippen LogP) is 0.560. The molecule has 0 N–H and O–H groups in total. The zero-order valence-electron chi connectivity index (χ0n) is 11.5. The molecule has 18 heavy (non-hydrogen) atoms. The van der Waals surface area contributed by atoms with Gasteiger partial charge < -0.3 is 19.8 Å². The summed E-state index contributed by atoms with van der Waals surface area (Å²) in [4.78, 5) is 19.4. The van der Waals surface area contributed by atoms with Crippen molar-refractivity contribution in [1.29, 1.82) is 0 Å². The van der Waals surface area contributed by atoms with Gasteiger partial charge in [0.1, 0.15) is 0 Å². The van der Waals surface area contributed by atoms with Gasteiger partial charge in [0.15, 0.2) is 0 Å². The first-order chi connectivity index (χ1) is 8.45. The van der Waals surface area contributed by atoms with Crippen LogP contribution in [0.3, 0.4) is 0 Å². The third-order valence-corrected chi connectivity index (χ3v) is 6.11. The zero-order chi connectivity index (χ0) is 14.4. The average Bonchev–Trinajstić information content (AvgIpc) is 2.29. The minimum absolute atomic E-state index is 0.149. The number of hydrogen-bond donors (Lipinski definition) is 0. The Hall–Kier alpha value is -0.521. The van der Waals surface area contributed by atoms with Crippen molar-refractivity contribution in [2.75, 3.05) is 0 Å². The first-order valence-electron chi connectivity index (χ1n) is 6.27.